The summed E-state index contributed by atoms with van der Waals surface area (Å²) in [5.41, 5.74) is 5.54. The van der Waals surface area contributed by atoms with Crippen LogP contribution in [0, 0.1) is 6.92 Å². The van der Waals surface area contributed by atoms with Crippen molar-refractivity contribution in [2.45, 2.75) is 20.0 Å². The number of ether oxygens (including phenoxy) is 1. The van der Waals surface area contributed by atoms with E-state index < -0.39 is 0 Å². The number of hydrogen-bond acceptors (Lipinski definition) is 2. The van der Waals surface area contributed by atoms with Crippen molar-refractivity contribution in [3.05, 3.63) is 108 Å². The van der Waals surface area contributed by atoms with Crippen LogP contribution in [0.4, 0.5) is 0 Å². The third-order valence-corrected chi connectivity index (χ3v) is 4.82. The second-order valence-electron chi connectivity index (χ2n) is 6.79. The molecule has 0 amide bonds. The highest BCUT2D eigenvalue weighted by atomic mass is 16.5. The van der Waals surface area contributed by atoms with Gasteiger partial charge in [-0.2, -0.15) is 0 Å². The average Bonchev–Trinajstić information content (AvgIpc) is 3.18. The Labute approximate surface area is 166 Å². The molecule has 0 aliphatic rings. The number of imidazole rings is 1. The van der Waals surface area contributed by atoms with Crippen LogP contribution in [0.2, 0.25) is 0 Å². The lowest BCUT2D eigenvalue weighted by molar-refractivity contribution is 0.0873. The van der Waals surface area contributed by atoms with Crippen LogP contribution in [0.5, 0.6) is 0 Å². The zero-order valence-electron chi connectivity index (χ0n) is 16.2. The van der Waals surface area contributed by atoms with Crippen molar-refractivity contribution in [1.29, 1.82) is 0 Å². The molecule has 0 radical (unpaired) electrons. The molecule has 1 atom stereocenters. The molecule has 0 spiro atoms. The molecule has 3 aromatic carbocycles. The van der Waals surface area contributed by atoms with Crippen molar-refractivity contribution in [3.8, 4) is 17.1 Å². The molecule has 0 aliphatic carbocycles. The number of benzene rings is 3. The van der Waals surface area contributed by atoms with Crippen molar-refractivity contribution in [2.24, 2.45) is 0 Å². The minimum absolute atomic E-state index is 0.183. The molecule has 0 saturated heterocycles. The van der Waals surface area contributed by atoms with Crippen LogP contribution in [-0.2, 0) is 4.74 Å². The summed E-state index contributed by atoms with van der Waals surface area (Å²) in [6.45, 7) is 4.75. The number of rotatable bonds is 6. The molecule has 0 aliphatic heterocycles. The quantitative estimate of drug-likeness (QED) is 0.419. The van der Waals surface area contributed by atoms with Crippen LogP contribution < -0.4 is 0 Å². The third kappa shape index (κ3) is 3.62. The zero-order valence-corrected chi connectivity index (χ0v) is 16.2. The predicted octanol–water partition coefficient (Wildman–Crippen LogP) is 5.97. The van der Waals surface area contributed by atoms with Gasteiger partial charge in [-0.15, -0.1) is 0 Å². The van der Waals surface area contributed by atoms with Crippen LogP contribution in [0.3, 0.4) is 0 Å². The minimum Gasteiger partial charge on any atom is -0.367 e. The summed E-state index contributed by atoms with van der Waals surface area (Å²) >= 11 is 0. The van der Waals surface area contributed by atoms with Gasteiger partial charge in [0.2, 0.25) is 0 Å². The predicted molar refractivity (Wildman–Crippen MR) is 114 cm³/mol. The van der Waals surface area contributed by atoms with Crippen molar-refractivity contribution < 1.29 is 4.74 Å². The minimum atomic E-state index is -0.183. The van der Waals surface area contributed by atoms with E-state index in [-0.39, 0.29) is 6.10 Å². The highest BCUT2D eigenvalue weighted by molar-refractivity contribution is 5.60. The molecule has 1 unspecified atom stereocenters. The second-order valence-corrected chi connectivity index (χ2v) is 6.79. The van der Waals surface area contributed by atoms with Gasteiger partial charge >= 0.3 is 0 Å². The fourth-order valence-corrected chi connectivity index (χ4v) is 3.45. The molecular weight excluding hydrogens is 344 g/mol. The Bertz CT molecular complexity index is 1020. The second kappa shape index (κ2) is 8.24. The molecule has 3 nitrogen and oxygen atoms in total. The maximum absolute atomic E-state index is 6.19. The normalized spacial score (nSPS) is 12.1. The van der Waals surface area contributed by atoms with E-state index in [1.165, 1.54) is 5.56 Å². The fourth-order valence-electron chi connectivity index (χ4n) is 3.45. The van der Waals surface area contributed by atoms with E-state index >= 15 is 0 Å². The maximum atomic E-state index is 6.19. The summed E-state index contributed by atoms with van der Waals surface area (Å²) < 4.78 is 8.40. The Hall–Kier alpha value is -3.17. The van der Waals surface area contributed by atoms with Crippen LogP contribution in [0.1, 0.15) is 29.8 Å². The molecule has 1 heterocycles. The molecule has 4 rings (SSSR count). The van der Waals surface area contributed by atoms with Crippen molar-refractivity contribution in [1.82, 2.24) is 9.55 Å². The molecular formula is C25H24N2O. The third-order valence-electron chi connectivity index (χ3n) is 4.82. The van der Waals surface area contributed by atoms with Gasteiger partial charge in [-0.3, -0.25) is 4.57 Å². The molecule has 4 aromatic rings. The summed E-state index contributed by atoms with van der Waals surface area (Å²) in [6, 6.07) is 29.2. The summed E-state index contributed by atoms with van der Waals surface area (Å²) in [5.74, 6) is 0.917. The van der Waals surface area contributed by atoms with E-state index in [0.29, 0.717) is 6.61 Å². The Morgan fingerprint density at radius 2 is 1.50 bits per heavy atom. The highest BCUT2D eigenvalue weighted by Crippen LogP contribution is 2.32. The Balaban J connectivity index is 1.92. The standard InChI is InChI=1S/C25H24N2O/c1-3-28-24(20-10-6-4-7-11-20)23-18-26-25(21-12-8-5-9-13-21)27(23)22-16-14-19(2)15-17-22/h4-18,24H,3H2,1-2H3. The first-order valence-electron chi connectivity index (χ1n) is 9.64. The molecule has 3 heteroatoms. The molecule has 0 fully saturated rings. The van der Waals surface area contributed by atoms with E-state index in [1.54, 1.807) is 0 Å². The molecule has 140 valence electrons. The lowest BCUT2D eigenvalue weighted by Crippen LogP contribution is -2.12. The molecule has 1 aromatic heterocycles. The maximum Gasteiger partial charge on any atom is 0.144 e. The zero-order chi connectivity index (χ0) is 19.3. The van der Waals surface area contributed by atoms with E-state index in [2.05, 4.69) is 60.0 Å². The summed E-state index contributed by atoms with van der Waals surface area (Å²) in [7, 11) is 0. The summed E-state index contributed by atoms with van der Waals surface area (Å²) in [6.07, 6.45) is 1.76. The SMILES string of the molecule is CCOC(c1ccccc1)c1cnc(-c2ccccc2)n1-c1ccc(C)cc1. The van der Waals surface area contributed by atoms with Crippen LogP contribution in [-0.4, -0.2) is 16.2 Å². The van der Waals surface area contributed by atoms with Crippen molar-refractivity contribution in [2.75, 3.05) is 6.61 Å². The summed E-state index contributed by atoms with van der Waals surface area (Å²) in [5, 5.41) is 0. The number of hydrogen-bond donors (Lipinski definition) is 0. The van der Waals surface area contributed by atoms with E-state index in [0.717, 1.165) is 28.3 Å². The number of nitrogens with zero attached hydrogens (tertiary/aromatic N) is 2. The molecule has 0 saturated carbocycles. The largest absolute Gasteiger partial charge is 0.367 e. The van der Waals surface area contributed by atoms with Gasteiger partial charge in [-0.25, -0.2) is 4.98 Å². The van der Waals surface area contributed by atoms with Crippen LogP contribution >= 0.6 is 0 Å². The number of aromatic nitrogens is 2. The number of aryl methyl sites for hydroxylation is 1. The van der Waals surface area contributed by atoms with E-state index in [1.807, 2.05) is 49.5 Å². The molecule has 28 heavy (non-hydrogen) atoms. The monoisotopic (exact) mass is 368 g/mol. The molecule has 0 bridgehead atoms. The van der Waals surface area contributed by atoms with Gasteiger partial charge in [0.25, 0.3) is 0 Å². The van der Waals surface area contributed by atoms with Gasteiger partial charge < -0.3 is 4.74 Å². The van der Waals surface area contributed by atoms with E-state index in [4.69, 9.17) is 9.72 Å². The van der Waals surface area contributed by atoms with Crippen molar-refractivity contribution in [3.63, 3.8) is 0 Å². The van der Waals surface area contributed by atoms with Crippen LogP contribution in [0.25, 0.3) is 17.1 Å². The van der Waals surface area contributed by atoms with Crippen LogP contribution in [0.15, 0.2) is 91.1 Å². The fraction of sp³-hybridized carbons (Fsp3) is 0.160. The van der Waals surface area contributed by atoms with Crippen molar-refractivity contribution >= 4 is 0 Å². The first kappa shape index (κ1) is 18.2. The van der Waals surface area contributed by atoms with Gasteiger partial charge in [-0.05, 0) is 31.5 Å². The Morgan fingerprint density at radius 1 is 0.857 bits per heavy atom. The van der Waals surface area contributed by atoms with Gasteiger partial charge in [0.05, 0.1) is 11.9 Å². The lowest BCUT2D eigenvalue weighted by atomic mass is 10.1. The molecule has 0 N–H and O–H groups in total. The Morgan fingerprint density at radius 3 is 2.14 bits per heavy atom. The van der Waals surface area contributed by atoms with E-state index in [9.17, 15) is 0 Å². The van der Waals surface area contributed by atoms with Gasteiger partial charge in [-0.1, -0.05) is 78.4 Å². The van der Waals surface area contributed by atoms with Gasteiger partial charge in [0, 0.05) is 17.9 Å². The average molecular weight is 368 g/mol. The lowest BCUT2D eigenvalue weighted by Gasteiger charge is -2.21. The summed E-state index contributed by atoms with van der Waals surface area (Å²) in [4.78, 5) is 4.80. The first-order chi connectivity index (χ1) is 13.8. The highest BCUT2D eigenvalue weighted by Gasteiger charge is 2.23. The topological polar surface area (TPSA) is 27.1 Å². The Kier molecular flexibility index (Phi) is 5.36. The first-order valence-corrected chi connectivity index (χ1v) is 9.64. The van der Waals surface area contributed by atoms with Gasteiger partial charge in [0.15, 0.2) is 0 Å². The van der Waals surface area contributed by atoms with Gasteiger partial charge in [0.1, 0.15) is 11.9 Å². The smallest absolute Gasteiger partial charge is 0.144 e.